The summed E-state index contributed by atoms with van der Waals surface area (Å²) >= 11 is 0. The van der Waals surface area contributed by atoms with E-state index < -0.39 is 11.9 Å². The SMILES string of the molecule is O=C([O-])C(=O)OO.[K+]. The monoisotopic (exact) mass is 144 g/mol. The topological polar surface area (TPSA) is 86.7 Å². The van der Waals surface area contributed by atoms with Crippen LogP contribution in [0.25, 0.3) is 0 Å². The molecule has 0 aliphatic rings. The number of hydrogen-bond donors (Lipinski definition) is 1. The van der Waals surface area contributed by atoms with E-state index in [0.717, 1.165) is 0 Å². The Morgan fingerprint density at radius 2 is 1.88 bits per heavy atom. The summed E-state index contributed by atoms with van der Waals surface area (Å²) < 4.78 is 0. The van der Waals surface area contributed by atoms with E-state index in [-0.39, 0.29) is 51.4 Å². The van der Waals surface area contributed by atoms with Crippen LogP contribution in [0.15, 0.2) is 0 Å². The van der Waals surface area contributed by atoms with E-state index in [0.29, 0.717) is 0 Å². The average molecular weight is 144 g/mol. The largest absolute Gasteiger partial charge is 1.00 e. The first-order valence-electron chi connectivity index (χ1n) is 1.25. The van der Waals surface area contributed by atoms with Gasteiger partial charge in [-0.25, -0.2) is 4.79 Å². The summed E-state index contributed by atoms with van der Waals surface area (Å²) in [5.74, 6) is -3.86. The molecule has 0 atom stereocenters. The van der Waals surface area contributed by atoms with Crippen LogP contribution in [-0.4, -0.2) is 17.2 Å². The van der Waals surface area contributed by atoms with Gasteiger partial charge in [0.2, 0.25) is 0 Å². The maximum atomic E-state index is 9.38. The quantitative estimate of drug-likeness (QED) is 0.159. The van der Waals surface area contributed by atoms with Gasteiger partial charge >= 0.3 is 57.4 Å². The van der Waals surface area contributed by atoms with Crippen molar-refractivity contribution in [3.8, 4) is 0 Å². The van der Waals surface area contributed by atoms with E-state index in [1.807, 2.05) is 0 Å². The Morgan fingerprint density at radius 1 is 1.50 bits per heavy atom. The Morgan fingerprint density at radius 3 is 1.88 bits per heavy atom. The summed E-state index contributed by atoms with van der Waals surface area (Å²) in [6.45, 7) is 0. The third-order valence-electron chi connectivity index (χ3n) is 0.250. The van der Waals surface area contributed by atoms with Gasteiger partial charge in [-0.15, -0.1) is 0 Å². The van der Waals surface area contributed by atoms with Crippen molar-refractivity contribution in [2.24, 2.45) is 0 Å². The Balaban J connectivity index is 0. The fourth-order valence-corrected chi connectivity index (χ4v) is 0.0373. The Hall–Kier alpha value is 0.536. The van der Waals surface area contributed by atoms with Gasteiger partial charge in [-0.05, 0) is 0 Å². The van der Waals surface area contributed by atoms with E-state index in [1.54, 1.807) is 0 Å². The van der Waals surface area contributed by atoms with Gasteiger partial charge in [0.1, 0.15) is 0 Å². The Bertz CT molecular complexity index is 98.6. The molecule has 0 bridgehead atoms. The molecule has 0 spiro atoms. The second-order valence-electron chi connectivity index (χ2n) is 0.666. The van der Waals surface area contributed by atoms with Crippen LogP contribution in [-0.2, 0) is 14.5 Å². The molecule has 0 aliphatic heterocycles. The van der Waals surface area contributed by atoms with E-state index >= 15 is 0 Å². The molecular weight excluding hydrogens is 143 g/mol. The predicted octanol–water partition coefficient (Wildman–Crippen LogP) is -5.24. The van der Waals surface area contributed by atoms with E-state index in [9.17, 15) is 14.7 Å². The van der Waals surface area contributed by atoms with Gasteiger partial charge in [-0.3, -0.25) is 4.89 Å². The second kappa shape index (κ2) is 5.67. The van der Waals surface area contributed by atoms with Crippen molar-refractivity contribution >= 4 is 11.9 Å². The molecule has 5 nitrogen and oxygen atoms in total. The Kier molecular flexibility index (Phi) is 8.04. The first kappa shape index (κ1) is 11.3. The van der Waals surface area contributed by atoms with Gasteiger partial charge in [0.15, 0.2) is 5.97 Å². The molecule has 0 radical (unpaired) electrons. The third-order valence-corrected chi connectivity index (χ3v) is 0.250. The van der Waals surface area contributed by atoms with Crippen molar-refractivity contribution < 1.29 is 76.2 Å². The molecule has 0 aliphatic carbocycles. The van der Waals surface area contributed by atoms with Crippen molar-refractivity contribution in [1.29, 1.82) is 0 Å². The van der Waals surface area contributed by atoms with Crippen LogP contribution in [0.2, 0.25) is 0 Å². The van der Waals surface area contributed by atoms with Crippen molar-refractivity contribution in [2.75, 3.05) is 0 Å². The molecule has 1 N–H and O–H groups in total. The minimum absolute atomic E-state index is 0. The van der Waals surface area contributed by atoms with Crippen LogP contribution < -0.4 is 56.5 Å². The molecule has 40 valence electrons. The number of carbonyl (C=O) groups is 2. The number of carboxylic acids is 1. The summed E-state index contributed by atoms with van der Waals surface area (Å²) in [5.41, 5.74) is 0. The molecule has 0 fully saturated rings. The summed E-state index contributed by atoms with van der Waals surface area (Å²) in [6.07, 6.45) is 0. The zero-order valence-electron chi connectivity index (χ0n) is 4.08. The van der Waals surface area contributed by atoms with Gasteiger partial charge in [-0.1, -0.05) is 0 Å². The molecule has 0 amide bonds. The normalized spacial score (nSPS) is 6.62. The first-order chi connectivity index (χ1) is 3.18. The molecule has 0 rings (SSSR count). The molecular formula is C2HKO5. The summed E-state index contributed by atoms with van der Waals surface area (Å²) in [7, 11) is 0. The Labute approximate surface area is 87.0 Å². The minimum atomic E-state index is -2.07. The molecule has 8 heavy (non-hydrogen) atoms. The number of hydrogen-bond acceptors (Lipinski definition) is 5. The fraction of sp³-hybridized carbons (Fsp3) is 0. The summed E-state index contributed by atoms with van der Waals surface area (Å²) in [5, 5.41) is 16.4. The van der Waals surface area contributed by atoms with Crippen molar-refractivity contribution in [1.82, 2.24) is 0 Å². The third kappa shape index (κ3) is 4.69. The maximum Gasteiger partial charge on any atom is 1.00 e. The van der Waals surface area contributed by atoms with Crippen LogP contribution in [0, 0.1) is 0 Å². The van der Waals surface area contributed by atoms with Crippen LogP contribution >= 0.6 is 0 Å². The summed E-state index contributed by atoms with van der Waals surface area (Å²) in [6, 6.07) is 0. The zero-order valence-corrected chi connectivity index (χ0v) is 7.20. The molecule has 0 heterocycles. The van der Waals surface area contributed by atoms with E-state index in [4.69, 9.17) is 5.26 Å². The van der Waals surface area contributed by atoms with Gasteiger partial charge in [0.25, 0.3) is 0 Å². The maximum absolute atomic E-state index is 9.38. The van der Waals surface area contributed by atoms with E-state index in [2.05, 4.69) is 4.89 Å². The average Bonchev–Trinajstić information content (AvgIpc) is 1.65. The predicted molar refractivity (Wildman–Crippen MR) is 13.7 cm³/mol. The van der Waals surface area contributed by atoms with Gasteiger partial charge in [-0.2, -0.15) is 5.26 Å². The summed E-state index contributed by atoms with van der Waals surface area (Å²) in [4.78, 5) is 21.3. The van der Waals surface area contributed by atoms with Crippen LogP contribution in [0.3, 0.4) is 0 Å². The molecule has 6 heteroatoms. The molecule has 0 unspecified atom stereocenters. The van der Waals surface area contributed by atoms with Crippen molar-refractivity contribution in [3.05, 3.63) is 0 Å². The molecule has 0 saturated carbocycles. The molecule has 0 aromatic heterocycles. The molecule has 0 saturated heterocycles. The smallest absolute Gasteiger partial charge is 0.539 e. The number of aliphatic carboxylic acids is 1. The fourth-order valence-electron chi connectivity index (χ4n) is 0.0373. The number of carboxylic acid groups (broad SMARTS) is 1. The molecule has 0 aromatic carbocycles. The first-order valence-corrected chi connectivity index (χ1v) is 1.25. The zero-order chi connectivity index (χ0) is 5.86. The van der Waals surface area contributed by atoms with Gasteiger partial charge in [0, 0.05) is 0 Å². The van der Waals surface area contributed by atoms with Crippen LogP contribution in [0.1, 0.15) is 0 Å². The van der Waals surface area contributed by atoms with Gasteiger partial charge in [0.05, 0.1) is 0 Å². The standard InChI is InChI=1S/C2H2O5.K/c3-1(4)2(5)7-6;/h6H,(H,3,4);/q;+1/p-1. The van der Waals surface area contributed by atoms with Crippen molar-refractivity contribution in [3.63, 3.8) is 0 Å². The van der Waals surface area contributed by atoms with Gasteiger partial charge < -0.3 is 9.90 Å². The number of rotatable bonds is 0. The van der Waals surface area contributed by atoms with Crippen LogP contribution in [0.4, 0.5) is 0 Å². The van der Waals surface area contributed by atoms with Crippen LogP contribution in [0.5, 0.6) is 0 Å². The number of carbonyl (C=O) groups excluding carboxylic acids is 2. The molecule has 0 aromatic rings. The van der Waals surface area contributed by atoms with E-state index in [1.165, 1.54) is 0 Å². The van der Waals surface area contributed by atoms with Crippen molar-refractivity contribution in [2.45, 2.75) is 0 Å². The minimum Gasteiger partial charge on any atom is -0.539 e. The second-order valence-corrected chi connectivity index (χ2v) is 0.666.